The van der Waals surface area contributed by atoms with Gasteiger partial charge in [-0.3, -0.25) is 9.80 Å². The van der Waals surface area contributed by atoms with Gasteiger partial charge in [-0.1, -0.05) is 6.07 Å². The molecule has 1 N–H and O–H groups in total. The Labute approximate surface area is 172 Å². The molecule has 166 valence electrons. The number of carbonyl (C=O) groups is 1. The highest BCUT2D eigenvalue weighted by atomic mass is 19.4. The molecule has 1 aromatic rings. The summed E-state index contributed by atoms with van der Waals surface area (Å²) >= 11 is 0. The predicted octanol–water partition coefficient (Wildman–Crippen LogP) is 2.46. The van der Waals surface area contributed by atoms with Gasteiger partial charge in [0.25, 0.3) is 0 Å². The first-order chi connectivity index (χ1) is 14.3. The van der Waals surface area contributed by atoms with E-state index in [2.05, 4.69) is 14.5 Å². The van der Waals surface area contributed by atoms with E-state index >= 15 is 0 Å². The molecule has 3 heterocycles. The van der Waals surface area contributed by atoms with Gasteiger partial charge in [0.2, 0.25) is 0 Å². The normalized spacial score (nSPS) is 25.5. The van der Waals surface area contributed by atoms with E-state index in [4.69, 9.17) is 9.84 Å². The van der Waals surface area contributed by atoms with Crippen molar-refractivity contribution in [3.8, 4) is 5.75 Å². The van der Waals surface area contributed by atoms with Crippen LogP contribution in [0.1, 0.15) is 11.1 Å². The second-order valence-electron chi connectivity index (χ2n) is 8.28. The van der Waals surface area contributed by atoms with E-state index in [0.717, 1.165) is 18.7 Å². The van der Waals surface area contributed by atoms with Gasteiger partial charge in [-0.15, -0.1) is 13.2 Å². The van der Waals surface area contributed by atoms with Crippen LogP contribution in [0, 0.1) is 11.8 Å². The zero-order chi connectivity index (χ0) is 21.3. The lowest BCUT2D eigenvalue weighted by Crippen LogP contribution is -2.35. The number of ether oxygens (including phenoxy) is 2. The zero-order valence-corrected chi connectivity index (χ0v) is 16.6. The van der Waals surface area contributed by atoms with E-state index in [0.29, 0.717) is 58.0 Å². The standard InChI is InChI=1S/C20H26F3N3O4/c21-20(22,23)30-18-2-1-14(8-24-3-5-29-6-4-24)7-15(18)9-25-10-16-12-26(19(27)28)13-17(16)11-25/h1-2,7,16-17H,3-6,8-13H2,(H,27,28). The molecule has 3 aliphatic heterocycles. The van der Waals surface area contributed by atoms with Gasteiger partial charge in [-0.2, -0.15) is 0 Å². The minimum absolute atomic E-state index is 0.169. The Morgan fingerprint density at radius 1 is 1.07 bits per heavy atom. The van der Waals surface area contributed by atoms with Crippen molar-refractivity contribution in [2.24, 2.45) is 11.8 Å². The van der Waals surface area contributed by atoms with E-state index in [1.807, 2.05) is 0 Å². The number of hydrogen-bond acceptors (Lipinski definition) is 5. The van der Waals surface area contributed by atoms with Gasteiger partial charge < -0.3 is 19.5 Å². The third-order valence-electron chi connectivity index (χ3n) is 6.09. The number of benzene rings is 1. The molecule has 0 bridgehead atoms. The van der Waals surface area contributed by atoms with Crippen molar-refractivity contribution in [2.45, 2.75) is 19.5 Å². The number of halogens is 3. The number of rotatable bonds is 5. The maximum atomic E-state index is 12.9. The first-order valence-electron chi connectivity index (χ1n) is 10.1. The Kier molecular flexibility index (Phi) is 6.08. The van der Waals surface area contributed by atoms with Crippen LogP contribution in [0.5, 0.6) is 5.75 Å². The minimum Gasteiger partial charge on any atom is -0.465 e. The summed E-state index contributed by atoms with van der Waals surface area (Å²) in [4.78, 5) is 16.9. The Morgan fingerprint density at radius 3 is 2.33 bits per heavy atom. The van der Waals surface area contributed by atoms with E-state index < -0.39 is 12.5 Å². The Hall–Kier alpha value is -2.04. The number of morpholine rings is 1. The van der Waals surface area contributed by atoms with Crippen molar-refractivity contribution in [1.82, 2.24) is 14.7 Å². The number of carboxylic acid groups (broad SMARTS) is 1. The molecular weight excluding hydrogens is 403 g/mol. The molecular formula is C20H26F3N3O4. The Balaban J connectivity index is 1.45. The van der Waals surface area contributed by atoms with Gasteiger partial charge in [0, 0.05) is 57.9 Å². The highest BCUT2D eigenvalue weighted by Gasteiger charge is 2.42. The lowest BCUT2D eigenvalue weighted by molar-refractivity contribution is -0.275. The van der Waals surface area contributed by atoms with Gasteiger partial charge in [0.15, 0.2) is 0 Å². The summed E-state index contributed by atoms with van der Waals surface area (Å²) < 4.78 is 48.3. The number of amides is 1. The van der Waals surface area contributed by atoms with Crippen LogP contribution in [0.4, 0.5) is 18.0 Å². The van der Waals surface area contributed by atoms with Crippen LogP contribution in [-0.4, -0.2) is 84.7 Å². The summed E-state index contributed by atoms with van der Waals surface area (Å²) in [6.45, 7) is 6.24. The maximum Gasteiger partial charge on any atom is 0.573 e. The fraction of sp³-hybridized carbons (Fsp3) is 0.650. The van der Waals surface area contributed by atoms with Crippen molar-refractivity contribution in [3.05, 3.63) is 29.3 Å². The summed E-state index contributed by atoms with van der Waals surface area (Å²) in [5.41, 5.74) is 1.45. The minimum atomic E-state index is -4.75. The molecule has 7 nitrogen and oxygen atoms in total. The topological polar surface area (TPSA) is 65.5 Å². The van der Waals surface area contributed by atoms with Gasteiger partial charge in [0.1, 0.15) is 5.75 Å². The molecule has 2 unspecified atom stereocenters. The maximum absolute atomic E-state index is 12.9. The monoisotopic (exact) mass is 429 g/mol. The highest BCUT2D eigenvalue weighted by Crippen LogP contribution is 2.34. The number of likely N-dealkylation sites (tertiary alicyclic amines) is 2. The summed E-state index contributed by atoms with van der Waals surface area (Å²) in [6, 6.07) is 4.89. The molecule has 3 aliphatic rings. The molecule has 1 aromatic carbocycles. The molecule has 3 saturated heterocycles. The van der Waals surface area contributed by atoms with Crippen molar-refractivity contribution < 1.29 is 32.5 Å². The van der Waals surface area contributed by atoms with Gasteiger partial charge in [-0.25, -0.2) is 4.79 Å². The van der Waals surface area contributed by atoms with Crippen molar-refractivity contribution in [2.75, 3.05) is 52.5 Å². The quantitative estimate of drug-likeness (QED) is 0.776. The van der Waals surface area contributed by atoms with Crippen LogP contribution >= 0.6 is 0 Å². The van der Waals surface area contributed by atoms with E-state index in [9.17, 15) is 18.0 Å². The SMILES string of the molecule is O=C(O)N1CC2CN(Cc3cc(CN4CCOCC4)ccc3OC(F)(F)F)CC2C1. The third-order valence-corrected chi connectivity index (χ3v) is 6.09. The molecule has 0 saturated carbocycles. The van der Waals surface area contributed by atoms with Crippen LogP contribution in [0.2, 0.25) is 0 Å². The van der Waals surface area contributed by atoms with Crippen LogP contribution in [0.25, 0.3) is 0 Å². The Bertz CT molecular complexity index is 756. The molecule has 3 fully saturated rings. The number of nitrogens with zero attached hydrogens (tertiary/aromatic N) is 3. The fourth-order valence-corrected chi connectivity index (χ4v) is 4.71. The van der Waals surface area contributed by atoms with E-state index in [1.165, 1.54) is 11.0 Å². The summed E-state index contributed by atoms with van der Waals surface area (Å²) in [6.07, 6.45) is -5.66. The molecule has 10 heteroatoms. The first-order valence-corrected chi connectivity index (χ1v) is 10.1. The van der Waals surface area contributed by atoms with Crippen molar-refractivity contribution in [3.63, 3.8) is 0 Å². The second-order valence-corrected chi connectivity index (χ2v) is 8.28. The average molecular weight is 429 g/mol. The molecule has 0 aromatic heterocycles. The molecule has 0 radical (unpaired) electrons. The number of fused-ring (bicyclic) bond motifs is 1. The molecule has 1 amide bonds. The number of alkyl halides is 3. The lowest BCUT2D eigenvalue weighted by Gasteiger charge is -2.27. The molecule has 2 atom stereocenters. The van der Waals surface area contributed by atoms with Gasteiger partial charge >= 0.3 is 12.5 Å². The first kappa shape index (κ1) is 21.2. The predicted molar refractivity (Wildman–Crippen MR) is 101 cm³/mol. The van der Waals surface area contributed by atoms with Crippen LogP contribution in [0.15, 0.2) is 18.2 Å². The van der Waals surface area contributed by atoms with Gasteiger partial charge in [-0.05, 0) is 29.5 Å². The zero-order valence-electron chi connectivity index (χ0n) is 16.6. The van der Waals surface area contributed by atoms with Crippen molar-refractivity contribution >= 4 is 6.09 Å². The highest BCUT2D eigenvalue weighted by molar-refractivity contribution is 5.65. The van der Waals surface area contributed by atoms with Crippen molar-refractivity contribution in [1.29, 1.82) is 0 Å². The van der Waals surface area contributed by atoms with Gasteiger partial charge in [0.05, 0.1) is 13.2 Å². The molecule has 0 spiro atoms. The van der Waals surface area contributed by atoms with E-state index in [-0.39, 0.29) is 17.6 Å². The molecule has 30 heavy (non-hydrogen) atoms. The average Bonchev–Trinajstić information content (AvgIpc) is 3.22. The fourth-order valence-electron chi connectivity index (χ4n) is 4.71. The smallest absolute Gasteiger partial charge is 0.465 e. The Morgan fingerprint density at radius 2 is 1.73 bits per heavy atom. The lowest BCUT2D eigenvalue weighted by atomic mass is 10.0. The molecule has 0 aliphatic carbocycles. The van der Waals surface area contributed by atoms with Crippen LogP contribution in [0.3, 0.4) is 0 Å². The second kappa shape index (κ2) is 8.60. The largest absolute Gasteiger partial charge is 0.573 e. The summed E-state index contributed by atoms with van der Waals surface area (Å²) in [5.74, 6) is 0.284. The van der Waals surface area contributed by atoms with Crippen LogP contribution in [-0.2, 0) is 17.8 Å². The number of hydrogen-bond donors (Lipinski definition) is 1. The summed E-state index contributed by atoms with van der Waals surface area (Å²) in [7, 11) is 0. The molecule has 4 rings (SSSR count). The summed E-state index contributed by atoms with van der Waals surface area (Å²) in [5, 5.41) is 9.16. The van der Waals surface area contributed by atoms with E-state index in [1.54, 1.807) is 12.1 Å². The van der Waals surface area contributed by atoms with Crippen LogP contribution < -0.4 is 4.74 Å². The third kappa shape index (κ3) is 5.16.